The maximum Gasteiger partial charge on any atom is 0.329 e. The van der Waals surface area contributed by atoms with E-state index in [1.165, 1.54) is 24.3 Å². The summed E-state index contributed by atoms with van der Waals surface area (Å²) >= 11 is 0. The van der Waals surface area contributed by atoms with Gasteiger partial charge in [0.15, 0.2) is 0 Å². The molecule has 4 rings (SSSR count). The van der Waals surface area contributed by atoms with Gasteiger partial charge in [0.05, 0.1) is 57.9 Å². The summed E-state index contributed by atoms with van der Waals surface area (Å²) < 4.78 is 5.72. The average Bonchev–Trinajstić information content (AvgIpc) is 1.74. The second kappa shape index (κ2) is 49.0. The van der Waals surface area contributed by atoms with Crippen LogP contribution in [-0.2, 0) is 102 Å². The summed E-state index contributed by atoms with van der Waals surface area (Å²) in [6.07, 6.45) is -4.35. The molecular formula is C72H101N19O26. The quantitative estimate of drug-likeness (QED) is 0.00859. The SMILES string of the molecule is CCCCCCCCCC(=O)NC(Cc1c[nH]c2ccccc12)C(=O)NC(CC(N)=O)C(=O)NC(CC(=O)O)C(=O)NC1C(=O)NCC(=O)NC(CCCN)C(=O)NC(CC(=O)O)C(=O)NC(C)C(=O)NC(CC(=O)O)C(=O)NCC(=O)NC(CO)C(=O)NC(C(C)CC(=O)O)C(=O)NC(CC(O)c2ccccc2N=[N+]=[N-])C(=O)OC1C. The number of cyclic esters (lactones) is 1. The van der Waals surface area contributed by atoms with Gasteiger partial charge in [-0.25, -0.2) is 4.79 Å². The van der Waals surface area contributed by atoms with Crippen molar-refractivity contribution in [2.45, 2.75) is 216 Å². The summed E-state index contributed by atoms with van der Waals surface area (Å²) in [7, 11) is 0. The molecule has 0 saturated carbocycles. The molecule has 1 aliphatic heterocycles. The number of hydrogen-bond donors (Lipinski definition) is 22. The standard InChI is InChI=1S/C72H101N19O26/c1-5-6-7-8-9-10-11-22-53(95)81-44(25-38-31-76-41-19-14-12-17-39(38)41)66(110)84-45(27-52(74)94)67(111)86-48(30-59(104)105)68(112)89-61-37(4)117-72(116)49(26-51(93)40-18-13-15-20-42(40)90-91-75)87-71(115)60(35(2)24-56(98)99)88-69(113)50(34-92)82-55(97)32-77-63(107)46(28-57(100)101)83-62(106)36(3)79-65(109)47(29-58(102)103)85-64(108)43(21-16-23-73)80-54(96)33-78-70(61)114/h12-15,17-20,31,35-37,43-51,60-61,76,92-93H,5-11,16,21-30,32-34,73H2,1-4H3,(H2,74,94)(H,77,107)(H,78,114)(H,79,109)(H,80,96)(H,81,95)(H,82,97)(H,83,106)(H,84,110)(H,85,108)(H,86,111)(H,87,115)(H,88,113)(H,89,112)(H,98,99)(H,100,101)(H,102,103)(H,104,105). The summed E-state index contributed by atoms with van der Waals surface area (Å²) in [6, 6.07) is -10.7. The first kappa shape index (κ1) is 96.5. The Kier molecular flexibility index (Phi) is 40.4. The molecule has 0 bridgehead atoms. The molecule has 3 aromatic rings. The second-order valence-corrected chi connectivity index (χ2v) is 27.5. The summed E-state index contributed by atoms with van der Waals surface area (Å²) in [5, 5.41) is 94.1. The summed E-state index contributed by atoms with van der Waals surface area (Å²) in [5.74, 6) is -28.8. The number of carboxylic acid groups (broad SMARTS) is 4. The number of ether oxygens (including phenoxy) is 1. The highest BCUT2D eigenvalue weighted by Gasteiger charge is 2.41. The number of esters is 1. The number of azide groups is 1. The van der Waals surface area contributed by atoms with Crippen LogP contribution in [0.2, 0.25) is 0 Å². The molecule has 1 fully saturated rings. The van der Waals surface area contributed by atoms with Crippen molar-refractivity contribution in [1.29, 1.82) is 0 Å². The van der Waals surface area contributed by atoms with Gasteiger partial charge >= 0.3 is 29.8 Å². The fraction of sp³-hybridized carbons (Fsp3) is 0.542. The lowest BCUT2D eigenvalue weighted by Gasteiger charge is -2.30. The predicted molar refractivity (Wildman–Crippen MR) is 405 cm³/mol. The maximum absolute atomic E-state index is 15.0. The Labute approximate surface area is 667 Å². The zero-order chi connectivity index (χ0) is 87.2. The lowest BCUT2D eigenvalue weighted by molar-refractivity contribution is -0.157. The van der Waals surface area contributed by atoms with Gasteiger partial charge in [-0.1, -0.05) is 100.0 Å². The summed E-state index contributed by atoms with van der Waals surface area (Å²) in [5.41, 5.74) is 21.4. The third kappa shape index (κ3) is 33.2. The van der Waals surface area contributed by atoms with E-state index in [1.54, 1.807) is 30.5 Å². The van der Waals surface area contributed by atoms with E-state index in [9.17, 15) is 127 Å². The van der Waals surface area contributed by atoms with Crippen LogP contribution >= 0.6 is 0 Å². The highest BCUT2D eigenvalue weighted by atomic mass is 16.5. The molecule has 1 aromatic heterocycles. The van der Waals surface area contributed by atoms with Crippen LogP contribution in [-0.4, -0.2) is 247 Å². The number of para-hydroxylation sites is 1. The largest absolute Gasteiger partial charge is 0.481 e. The molecule has 24 N–H and O–H groups in total. The maximum atomic E-state index is 15.0. The number of primary amides is 1. The average molecular weight is 1650 g/mol. The number of aromatic amines is 1. The smallest absolute Gasteiger partial charge is 0.329 e. The number of aliphatic carboxylic acids is 4. The number of nitrogens with two attached hydrogens (primary N) is 2. The Morgan fingerprint density at radius 1 is 0.598 bits per heavy atom. The van der Waals surface area contributed by atoms with Crippen LogP contribution < -0.4 is 80.6 Å². The van der Waals surface area contributed by atoms with Crippen LogP contribution in [0.25, 0.3) is 21.3 Å². The molecule has 45 nitrogen and oxygen atoms in total. The fourth-order valence-electron chi connectivity index (χ4n) is 12.0. The second-order valence-electron chi connectivity index (χ2n) is 27.5. The number of unbranched alkanes of at least 4 members (excludes halogenated alkanes) is 6. The molecule has 0 radical (unpaired) electrons. The zero-order valence-electron chi connectivity index (χ0n) is 64.5. The molecule has 1 saturated heterocycles. The molecule has 45 heteroatoms. The van der Waals surface area contributed by atoms with Crippen LogP contribution in [0.3, 0.4) is 0 Å². The number of carboxylic acids is 4. The number of amides is 14. The number of rotatable bonds is 36. The van der Waals surface area contributed by atoms with E-state index in [4.69, 9.17) is 16.2 Å². The van der Waals surface area contributed by atoms with Crippen molar-refractivity contribution < 1.29 is 126 Å². The van der Waals surface area contributed by atoms with Gasteiger partial charge in [-0.3, -0.25) is 86.3 Å². The van der Waals surface area contributed by atoms with Crippen LogP contribution in [0.1, 0.15) is 148 Å². The third-order valence-corrected chi connectivity index (χ3v) is 18.1. The van der Waals surface area contributed by atoms with Gasteiger partial charge in [-0.05, 0) is 68.3 Å². The van der Waals surface area contributed by atoms with Crippen molar-refractivity contribution in [2.75, 3.05) is 26.2 Å². The number of fused-ring (bicyclic) bond motifs is 1. The number of benzene rings is 2. The molecule has 2 aromatic carbocycles. The number of aliphatic hydroxyl groups is 2. The number of nitrogens with one attached hydrogen (secondary N) is 14. The van der Waals surface area contributed by atoms with Crippen LogP contribution in [0, 0.1) is 5.92 Å². The summed E-state index contributed by atoms with van der Waals surface area (Å²) in [6.45, 7) is 1.07. The number of carbonyl (C=O) groups is 19. The lowest BCUT2D eigenvalue weighted by Crippen LogP contribution is -2.62. The van der Waals surface area contributed by atoms with Crippen LogP contribution in [0.15, 0.2) is 59.8 Å². The van der Waals surface area contributed by atoms with Gasteiger partial charge in [-0.15, -0.1) is 0 Å². The van der Waals surface area contributed by atoms with Crippen molar-refractivity contribution >= 4 is 129 Å². The molecule has 2 heterocycles. The number of hydrogen-bond acceptors (Lipinski definition) is 24. The zero-order valence-corrected chi connectivity index (χ0v) is 64.5. The molecule has 14 amide bonds. The Bertz CT molecular complexity index is 4130. The first-order chi connectivity index (χ1) is 55.4. The van der Waals surface area contributed by atoms with Gasteiger partial charge in [-0.2, -0.15) is 0 Å². The van der Waals surface area contributed by atoms with E-state index in [0.29, 0.717) is 29.3 Å². The Hall–Kier alpha value is -12.9. The minimum atomic E-state index is -2.46. The molecule has 640 valence electrons. The van der Waals surface area contributed by atoms with Crippen molar-refractivity contribution in [1.82, 2.24) is 74.1 Å². The number of carbonyl (C=O) groups excluding carboxylic acids is 15. The van der Waals surface area contributed by atoms with E-state index in [-0.39, 0.29) is 37.1 Å². The minimum absolute atomic E-state index is 0.0238. The Balaban J connectivity index is 1.90. The van der Waals surface area contributed by atoms with Gasteiger partial charge in [0.1, 0.15) is 72.6 Å². The third-order valence-electron chi connectivity index (χ3n) is 18.1. The van der Waals surface area contributed by atoms with Gasteiger partial charge in [0, 0.05) is 47.0 Å². The Morgan fingerprint density at radius 2 is 1.15 bits per heavy atom. The first-order valence-corrected chi connectivity index (χ1v) is 37.3. The molecular weight excluding hydrogens is 1550 g/mol. The first-order valence-electron chi connectivity index (χ1n) is 37.3. The number of aromatic nitrogens is 1. The molecule has 117 heavy (non-hydrogen) atoms. The predicted octanol–water partition coefficient (Wildman–Crippen LogP) is -4.41. The normalized spacial score (nSPS) is 21.2. The lowest BCUT2D eigenvalue weighted by atomic mass is 9.95. The number of nitrogens with zero attached hydrogens (tertiary/aromatic N) is 3. The van der Waals surface area contributed by atoms with Crippen molar-refractivity contribution in [3.05, 3.63) is 76.3 Å². The fourth-order valence-corrected chi connectivity index (χ4v) is 12.0. The van der Waals surface area contributed by atoms with Gasteiger partial charge in [0.25, 0.3) is 0 Å². The van der Waals surface area contributed by atoms with E-state index < -0.39 is 262 Å². The van der Waals surface area contributed by atoms with Crippen molar-refractivity contribution in [3.8, 4) is 0 Å². The van der Waals surface area contributed by atoms with Crippen molar-refractivity contribution in [3.63, 3.8) is 0 Å². The topological polar surface area (TPSA) is 728 Å². The van der Waals surface area contributed by atoms with Crippen LogP contribution in [0.5, 0.6) is 0 Å². The Morgan fingerprint density at radius 3 is 1.75 bits per heavy atom. The van der Waals surface area contributed by atoms with Crippen molar-refractivity contribution in [2.24, 2.45) is 22.5 Å². The van der Waals surface area contributed by atoms with Gasteiger partial charge in [0.2, 0.25) is 82.7 Å². The molecule has 1 aliphatic rings. The highest BCUT2D eigenvalue weighted by Crippen LogP contribution is 2.30. The highest BCUT2D eigenvalue weighted by molar-refractivity contribution is 6.02. The molecule has 14 atom stereocenters. The molecule has 14 unspecified atom stereocenters. The van der Waals surface area contributed by atoms with E-state index in [0.717, 1.165) is 52.9 Å². The number of H-pyrrole nitrogens is 1. The minimum Gasteiger partial charge on any atom is -0.481 e. The van der Waals surface area contributed by atoms with E-state index >= 15 is 0 Å². The monoisotopic (exact) mass is 1650 g/mol. The van der Waals surface area contributed by atoms with Crippen LogP contribution in [0.4, 0.5) is 5.69 Å². The van der Waals surface area contributed by atoms with Gasteiger partial charge < -0.3 is 121 Å². The number of aliphatic hydroxyl groups excluding tert-OH is 2. The molecule has 0 aliphatic carbocycles. The molecule has 0 spiro atoms. The van der Waals surface area contributed by atoms with E-state index in [1.807, 2.05) is 16.0 Å². The summed E-state index contributed by atoms with van der Waals surface area (Å²) in [4.78, 5) is 265. The van der Waals surface area contributed by atoms with E-state index in [2.05, 4.69) is 75.1 Å².